The van der Waals surface area contributed by atoms with Crippen molar-refractivity contribution in [3.63, 3.8) is 0 Å². The molecule has 11 unspecified atom stereocenters. The molecule has 0 rings (SSSR count). The molecule has 0 aliphatic carbocycles. The van der Waals surface area contributed by atoms with Gasteiger partial charge < -0.3 is 0 Å². The molecule has 0 amide bonds. The van der Waals surface area contributed by atoms with Crippen LogP contribution in [-0.2, 0) is 0 Å². The minimum absolute atomic E-state index is 0.0373. The molecule has 511 valence electrons. The van der Waals surface area contributed by atoms with Gasteiger partial charge in [0, 0.05) is 0 Å². The quantitative estimate of drug-likeness (QED) is 0.0533. The van der Waals surface area contributed by atoms with E-state index in [1.165, 1.54) is 276 Å². The van der Waals surface area contributed by atoms with Crippen LogP contribution in [0.1, 0.15) is 449 Å². The van der Waals surface area contributed by atoms with E-state index in [-0.39, 0.29) is 32.5 Å². The van der Waals surface area contributed by atoms with Gasteiger partial charge in [-0.25, -0.2) is 0 Å². The Morgan fingerprint density at radius 1 is 0.365 bits per heavy atom. The van der Waals surface area contributed by atoms with Gasteiger partial charge in [0.05, 0.1) is 0 Å². The molecule has 85 heavy (non-hydrogen) atoms. The van der Waals surface area contributed by atoms with Crippen molar-refractivity contribution in [3.05, 3.63) is 5.92 Å². The molecule has 0 aromatic heterocycles. The summed E-state index contributed by atoms with van der Waals surface area (Å²) in [6.07, 6.45) is 59.5. The van der Waals surface area contributed by atoms with Gasteiger partial charge in [0.15, 0.2) is 0 Å². The topological polar surface area (TPSA) is 0 Å². The molecule has 0 saturated heterocycles. The summed E-state index contributed by atoms with van der Waals surface area (Å²) >= 11 is 0. The van der Waals surface area contributed by atoms with E-state index in [9.17, 15) is 0 Å². The maximum atomic E-state index is 3.06. The summed E-state index contributed by atoms with van der Waals surface area (Å²) in [4.78, 5) is 0. The molecular formula is C85H171. The van der Waals surface area contributed by atoms with Crippen molar-refractivity contribution in [2.75, 3.05) is 0 Å². The summed E-state index contributed by atoms with van der Waals surface area (Å²) in [5, 5.41) is 0. The van der Waals surface area contributed by atoms with Gasteiger partial charge in [-0.3, -0.25) is 0 Å². The van der Waals surface area contributed by atoms with Gasteiger partial charge in [0.25, 0.3) is 0 Å². The Morgan fingerprint density at radius 3 is 1.12 bits per heavy atom. The maximum Gasteiger partial charge on any atom is -0.0114 e. The highest BCUT2D eigenvalue weighted by Gasteiger charge is 2.77. The zero-order valence-electron chi connectivity index (χ0n) is 64.7. The second-order valence-corrected chi connectivity index (χ2v) is 33.5. The lowest BCUT2D eigenvalue weighted by Gasteiger charge is -2.79. The zero-order valence-corrected chi connectivity index (χ0v) is 64.7. The van der Waals surface area contributed by atoms with Crippen molar-refractivity contribution < 1.29 is 0 Å². The molecule has 0 saturated carbocycles. The maximum absolute atomic E-state index is 3.06. The van der Waals surface area contributed by atoms with Crippen molar-refractivity contribution in [3.8, 4) is 0 Å². The van der Waals surface area contributed by atoms with Crippen molar-refractivity contribution in [1.29, 1.82) is 0 Å². The standard InChI is InChI=1S/C85H171/c1-26-40-45-55-73(50-31-6)63-71(19)82(62-60-69(15)16,65-75(52-33-8)57-47-42-28-3)84(78(37-12)38-13,66-76(53-34-9)58-48-43-29-4)85(81(24,25)39-14,67-77(54-35-10)59-49-44-30-5)83(61-36-11,72(20)70(17)18)79(68-80(21,22)23)64-74(51-32-7)56-46-41-27-2/h69-78H,26-68H2,1-25H3. The van der Waals surface area contributed by atoms with E-state index in [4.69, 9.17) is 0 Å². The summed E-state index contributed by atoms with van der Waals surface area (Å²) < 4.78 is 0. The van der Waals surface area contributed by atoms with Crippen LogP contribution in [0.15, 0.2) is 0 Å². The van der Waals surface area contributed by atoms with Gasteiger partial charge in [-0.1, -0.05) is 398 Å². The highest BCUT2D eigenvalue weighted by molar-refractivity contribution is 5.29. The van der Waals surface area contributed by atoms with E-state index in [2.05, 4.69) is 179 Å². The fourth-order valence-corrected chi connectivity index (χ4v) is 20.6. The number of unbranched alkanes of at least 4 members (excludes halogenated alkanes) is 10. The third-order valence-electron chi connectivity index (χ3n) is 24.7. The van der Waals surface area contributed by atoms with Crippen molar-refractivity contribution >= 4 is 0 Å². The van der Waals surface area contributed by atoms with Crippen LogP contribution in [0.25, 0.3) is 0 Å². The summed E-state index contributed by atoms with van der Waals surface area (Å²) in [5.41, 5.74) is 0.627. The van der Waals surface area contributed by atoms with Crippen molar-refractivity contribution in [1.82, 2.24) is 0 Å². The average molecular weight is 1190 g/mol. The van der Waals surface area contributed by atoms with Crippen LogP contribution < -0.4 is 0 Å². The smallest absolute Gasteiger partial charge is 0.0114 e. The molecule has 0 nitrogen and oxygen atoms in total. The second kappa shape index (κ2) is 46.1. The minimum atomic E-state index is 0.0373. The SMILES string of the molecule is CCCCCC(CCC)C[C](CC(C)(C)C)C(CCC)(C(C)C(C)C)C(CC(CCC)CCCCC)(C(C)(C)CC)C(CC(CCC)CCCCC)(C(CC)CC)C(CCC(C)C)(CC(CCC)CCCCC)C(C)CC(CCC)CCCCC. The molecule has 0 aromatic carbocycles. The fraction of sp³-hybridized carbons (Fsp3) is 0.988. The van der Waals surface area contributed by atoms with Gasteiger partial charge >= 0.3 is 0 Å². The first kappa shape index (κ1) is 85.0. The largest absolute Gasteiger partial charge is 0.0654 e. The lowest BCUT2D eigenvalue weighted by Crippen LogP contribution is -2.73. The minimum Gasteiger partial charge on any atom is -0.0654 e. The van der Waals surface area contributed by atoms with Gasteiger partial charge in [0.2, 0.25) is 0 Å². The molecular weight excluding hydrogens is 1020 g/mol. The number of hydrogen-bond donors (Lipinski definition) is 0. The van der Waals surface area contributed by atoms with E-state index in [0.29, 0.717) is 29.6 Å². The molecule has 0 bridgehead atoms. The first-order valence-corrected chi connectivity index (χ1v) is 40.3. The van der Waals surface area contributed by atoms with E-state index in [1.54, 1.807) is 0 Å². The van der Waals surface area contributed by atoms with Gasteiger partial charge in [-0.2, -0.15) is 0 Å². The number of rotatable bonds is 58. The molecule has 0 fully saturated rings. The van der Waals surface area contributed by atoms with Gasteiger partial charge in [-0.05, 0) is 149 Å². The summed E-state index contributed by atoms with van der Waals surface area (Å²) in [6.45, 7) is 67.7. The predicted molar refractivity (Wildman–Crippen MR) is 393 cm³/mol. The van der Waals surface area contributed by atoms with Crippen LogP contribution in [0.4, 0.5) is 0 Å². The lowest BCUT2D eigenvalue weighted by atomic mass is 9.25. The average Bonchev–Trinajstić information content (AvgIpc) is 0.689. The van der Waals surface area contributed by atoms with E-state index < -0.39 is 0 Å². The molecule has 0 N–H and O–H groups in total. The van der Waals surface area contributed by atoms with E-state index in [0.717, 1.165) is 29.6 Å². The third-order valence-corrected chi connectivity index (χ3v) is 24.7. The Kier molecular flexibility index (Phi) is 46.1. The molecule has 1 radical (unpaired) electrons. The molecule has 0 aliphatic heterocycles. The lowest BCUT2D eigenvalue weighted by molar-refractivity contribution is -0.299. The monoisotopic (exact) mass is 1190 g/mol. The van der Waals surface area contributed by atoms with Crippen molar-refractivity contribution in [2.24, 2.45) is 91.7 Å². The van der Waals surface area contributed by atoms with Crippen LogP contribution in [0.3, 0.4) is 0 Å². The molecule has 0 spiro atoms. The first-order valence-electron chi connectivity index (χ1n) is 40.3. The molecule has 0 aliphatic rings. The van der Waals surface area contributed by atoms with Crippen LogP contribution in [0, 0.1) is 97.6 Å². The normalized spacial score (nSPS) is 18.3. The fourth-order valence-electron chi connectivity index (χ4n) is 20.6. The summed E-state index contributed by atoms with van der Waals surface area (Å²) in [5.74, 6) is 9.14. The number of hydrogen-bond acceptors (Lipinski definition) is 0. The molecule has 0 aromatic rings. The Labute approximate surface area is 543 Å². The highest BCUT2D eigenvalue weighted by Crippen LogP contribution is 2.83. The van der Waals surface area contributed by atoms with Crippen LogP contribution in [0.2, 0.25) is 0 Å². The molecule has 11 atom stereocenters. The Balaban J connectivity index is 11.9. The van der Waals surface area contributed by atoms with E-state index in [1.807, 2.05) is 0 Å². The highest BCUT2D eigenvalue weighted by atomic mass is 14.8. The van der Waals surface area contributed by atoms with Crippen molar-refractivity contribution in [2.45, 2.75) is 449 Å². The van der Waals surface area contributed by atoms with Crippen LogP contribution in [0.5, 0.6) is 0 Å². The van der Waals surface area contributed by atoms with Gasteiger partial charge in [-0.15, -0.1) is 0 Å². The summed E-state index contributed by atoms with van der Waals surface area (Å²) in [6, 6.07) is 0. The predicted octanol–water partition coefficient (Wildman–Crippen LogP) is 30.9. The van der Waals surface area contributed by atoms with Crippen LogP contribution in [-0.4, -0.2) is 0 Å². The Morgan fingerprint density at radius 2 is 0.753 bits per heavy atom. The van der Waals surface area contributed by atoms with Gasteiger partial charge in [0.1, 0.15) is 0 Å². The Bertz CT molecular complexity index is 1500. The zero-order chi connectivity index (χ0) is 64.8. The molecule has 0 heteroatoms. The van der Waals surface area contributed by atoms with E-state index >= 15 is 0 Å². The summed E-state index contributed by atoms with van der Waals surface area (Å²) in [7, 11) is 0. The third kappa shape index (κ3) is 25.4. The molecule has 0 heterocycles. The second-order valence-electron chi connectivity index (χ2n) is 33.5. The first-order chi connectivity index (χ1) is 40.4. The van der Waals surface area contributed by atoms with Crippen LogP contribution >= 0.6 is 0 Å². The Hall–Kier alpha value is 0.